The van der Waals surface area contributed by atoms with Gasteiger partial charge in [-0.15, -0.1) is 0 Å². The van der Waals surface area contributed by atoms with Crippen LogP contribution in [0.4, 0.5) is 10.5 Å². The number of carbonyl (C=O) groups excluding carboxylic acids is 1. The van der Waals surface area contributed by atoms with Gasteiger partial charge < -0.3 is 4.74 Å². The Labute approximate surface area is 123 Å². The third kappa shape index (κ3) is 3.30. The molecule has 3 nitrogen and oxygen atoms in total. The van der Waals surface area contributed by atoms with Gasteiger partial charge in [0.2, 0.25) is 0 Å². The molecule has 0 unspecified atom stereocenters. The van der Waals surface area contributed by atoms with Crippen LogP contribution in [0.3, 0.4) is 0 Å². The summed E-state index contributed by atoms with van der Waals surface area (Å²) in [6.45, 7) is 8.57. The monoisotopic (exact) mass is 325 g/mol. The van der Waals surface area contributed by atoms with Crippen LogP contribution in [0.25, 0.3) is 0 Å². The van der Waals surface area contributed by atoms with E-state index in [0.717, 1.165) is 16.6 Å². The summed E-state index contributed by atoms with van der Waals surface area (Å²) in [5.41, 5.74) is 1.71. The van der Waals surface area contributed by atoms with Gasteiger partial charge in [0, 0.05) is 11.0 Å². The predicted octanol–water partition coefficient (Wildman–Crippen LogP) is 4.70. The quantitative estimate of drug-likeness (QED) is 0.692. The zero-order valence-corrected chi connectivity index (χ0v) is 13.5. The van der Waals surface area contributed by atoms with Crippen molar-refractivity contribution in [1.29, 1.82) is 0 Å². The lowest BCUT2D eigenvalue weighted by Crippen LogP contribution is -2.40. The first-order valence-corrected chi connectivity index (χ1v) is 7.37. The minimum absolute atomic E-state index is 0.261. The number of nitrogens with zero attached hydrogens (tertiary/aromatic N) is 1. The summed E-state index contributed by atoms with van der Waals surface area (Å²) in [5.74, 6) is 0.464. The van der Waals surface area contributed by atoms with Crippen LogP contribution in [0, 0.1) is 0 Å². The second kappa shape index (κ2) is 5.16. The molecule has 0 saturated heterocycles. The van der Waals surface area contributed by atoms with Gasteiger partial charge in [0.1, 0.15) is 5.60 Å². The van der Waals surface area contributed by atoms with Crippen molar-refractivity contribution in [2.75, 3.05) is 11.4 Å². The molecule has 0 aliphatic carbocycles. The fourth-order valence-electron chi connectivity index (χ4n) is 2.27. The topological polar surface area (TPSA) is 29.5 Å². The summed E-state index contributed by atoms with van der Waals surface area (Å²) in [4.78, 5) is 14.0. The van der Waals surface area contributed by atoms with E-state index in [0.29, 0.717) is 12.5 Å². The highest BCUT2D eigenvalue weighted by atomic mass is 79.9. The molecule has 1 amide bonds. The summed E-state index contributed by atoms with van der Waals surface area (Å²) in [7, 11) is 0. The van der Waals surface area contributed by atoms with Gasteiger partial charge in [-0.1, -0.05) is 22.9 Å². The van der Waals surface area contributed by atoms with Gasteiger partial charge in [0.05, 0.1) is 5.69 Å². The van der Waals surface area contributed by atoms with E-state index in [1.807, 2.05) is 32.9 Å². The number of anilines is 1. The molecule has 19 heavy (non-hydrogen) atoms. The van der Waals surface area contributed by atoms with Crippen molar-refractivity contribution in [3.8, 4) is 0 Å². The minimum Gasteiger partial charge on any atom is -0.443 e. The van der Waals surface area contributed by atoms with Crippen LogP contribution >= 0.6 is 15.9 Å². The molecule has 0 radical (unpaired) electrons. The Morgan fingerprint density at radius 2 is 2.11 bits per heavy atom. The SMILES string of the molecule is C[C@@H]1CCN(C(=O)OC(C)(C)C)c2ccc(Br)cc21. The maximum Gasteiger partial charge on any atom is 0.414 e. The van der Waals surface area contributed by atoms with E-state index in [1.54, 1.807) is 4.90 Å². The first kappa shape index (κ1) is 14.4. The fraction of sp³-hybridized carbons (Fsp3) is 0.533. The number of amides is 1. The summed E-state index contributed by atoms with van der Waals surface area (Å²) in [6.07, 6.45) is 0.700. The largest absolute Gasteiger partial charge is 0.443 e. The molecule has 2 rings (SSSR count). The first-order chi connectivity index (χ1) is 8.78. The molecular formula is C15H20BrNO2. The van der Waals surface area contributed by atoms with Crippen molar-refractivity contribution in [3.63, 3.8) is 0 Å². The predicted molar refractivity (Wildman–Crippen MR) is 80.8 cm³/mol. The second-order valence-electron chi connectivity index (χ2n) is 6.02. The Kier molecular flexibility index (Phi) is 3.90. The average Bonchev–Trinajstić information content (AvgIpc) is 2.27. The first-order valence-electron chi connectivity index (χ1n) is 6.58. The standard InChI is InChI=1S/C15H20BrNO2/c1-10-7-8-17(14(18)19-15(2,3)4)13-6-5-11(16)9-12(10)13/h5-6,9-10H,7-8H2,1-4H3/t10-/m1/s1. The molecule has 104 valence electrons. The third-order valence-electron chi connectivity index (χ3n) is 3.21. The normalized spacial score (nSPS) is 19.0. The Morgan fingerprint density at radius 1 is 1.42 bits per heavy atom. The van der Waals surface area contributed by atoms with Crippen molar-refractivity contribution in [2.24, 2.45) is 0 Å². The van der Waals surface area contributed by atoms with E-state index in [2.05, 4.69) is 28.9 Å². The van der Waals surface area contributed by atoms with Gasteiger partial charge in [-0.05, 0) is 56.9 Å². The van der Waals surface area contributed by atoms with Gasteiger partial charge in [-0.3, -0.25) is 4.90 Å². The van der Waals surface area contributed by atoms with E-state index in [1.165, 1.54) is 5.56 Å². The van der Waals surface area contributed by atoms with Gasteiger partial charge >= 0.3 is 6.09 Å². The maximum absolute atomic E-state index is 12.3. The zero-order chi connectivity index (χ0) is 14.2. The Morgan fingerprint density at radius 3 is 2.74 bits per heavy atom. The van der Waals surface area contributed by atoms with Crippen molar-refractivity contribution < 1.29 is 9.53 Å². The molecule has 1 aromatic rings. The highest BCUT2D eigenvalue weighted by molar-refractivity contribution is 9.10. The molecule has 4 heteroatoms. The molecular weight excluding hydrogens is 306 g/mol. The van der Waals surface area contributed by atoms with Crippen LogP contribution in [0.15, 0.2) is 22.7 Å². The number of carbonyl (C=O) groups is 1. The summed E-state index contributed by atoms with van der Waals surface area (Å²) in [5, 5.41) is 0. The second-order valence-corrected chi connectivity index (χ2v) is 6.94. The molecule has 0 aromatic heterocycles. The summed E-state index contributed by atoms with van der Waals surface area (Å²) >= 11 is 3.49. The molecule has 0 saturated carbocycles. The van der Waals surface area contributed by atoms with Crippen molar-refractivity contribution in [1.82, 2.24) is 0 Å². The van der Waals surface area contributed by atoms with Gasteiger partial charge in [-0.25, -0.2) is 4.79 Å². The molecule has 0 bridgehead atoms. The Hall–Kier alpha value is -1.03. The lowest BCUT2D eigenvalue weighted by molar-refractivity contribution is 0.0577. The number of hydrogen-bond donors (Lipinski definition) is 0. The summed E-state index contributed by atoms with van der Waals surface area (Å²) < 4.78 is 6.52. The van der Waals surface area contributed by atoms with Gasteiger partial charge in [0.15, 0.2) is 0 Å². The van der Waals surface area contributed by atoms with Gasteiger partial charge in [-0.2, -0.15) is 0 Å². The smallest absolute Gasteiger partial charge is 0.414 e. The van der Waals surface area contributed by atoms with Crippen molar-refractivity contribution in [3.05, 3.63) is 28.2 Å². The van der Waals surface area contributed by atoms with E-state index >= 15 is 0 Å². The number of ether oxygens (including phenoxy) is 1. The van der Waals surface area contributed by atoms with Crippen LogP contribution in [-0.4, -0.2) is 18.2 Å². The fourth-order valence-corrected chi connectivity index (χ4v) is 2.65. The highest BCUT2D eigenvalue weighted by Crippen LogP contribution is 2.37. The minimum atomic E-state index is -0.463. The number of fused-ring (bicyclic) bond motifs is 1. The zero-order valence-electron chi connectivity index (χ0n) is 11.9. The number of hydrogen-bond acceptors (Lipinski definition) is 2. The molecule has 0 spiro atoms. The lowest BCUT2D eigenvalue weighted by Gasteiger charge is -2.34. The highest BCUT2D eigenvalue weighted by Gasteiger charge is 2.29. The van der Waals surface area contributed by atoms with Crippen molar-refractivity contribution in [2.45, 2.75) is 45.6 Å². The van der Waals surface area contributed by atoms with Crippen LogP contribution in [0.2, 0.25) is 0 Å². The van der Waals surface area contributed by atoms with E-state index in [-0.39, 0.29) is 6.09 Å². The lowest BCUT2D eigenvalue weighted by atomic mass is 9.92. The third-order valence-corrected chi connectivity index (χ3v) is 3.70. The van der Waals surface area contributed by atoms with Crippen LogP contribution < -0.4 is 4.90 Å². The Balaban J connectivity index is 2.31. The summed E-state index contributed by atoms with van der Waals surface area (Å²) in [6, 6.07) is 6.05. The number of halogens is 1. The molecule has 1 atom stereocenters. The van der Waals surface area contributed by atoms with E-state index in [9.17, 15) is 4.79 Å². The molecule has 1 aliphatic heterocycles. The van der Waals surface area contributed by atoms with Crippen LogP contribution in [0.1, 0.15) is 45.6 Å². The molecule has 0 fully saturated rings. The maximum atomic E-state index is 12.3. The molecule has 1 heterocycles. The van der Waals surface area contributed by atoms with Gasteiger partial charge in [0.25, 0.3) is 0 Å². The number of benzene rings is 1. The van der Waals surface area contributed by atoms with E-state index in [4.69, 9.17) is 4.74 Å². The average molecular weight is 326 g/mol. The number of rotatable bonds is 0. The molecule has 1 aliphatic rings. The Bertz CT molecular complexity index is 493. The van der Waals surface area contributed by atoms with Crippen LogP contribution in [-0.2, 0) is 4.74 Å². The van der Waals surface area contributed by atoms with E-state index < -0.39 is 5.60 Å². The van der Waals surface area contributed by atoms with Crippen molar-refractivity contribution >= 4 is 27.7 Å². The van der Waals surface area contributed by atoms with Crippen LogP contribution in [0.5, 0.6) is 0 Å². The molecule has 0 N–H and O–H groups in total. The molecule has 1 aromatic carbocycles.